The van der Waals surface area contributed by atoms with E-state index in [2.05, 4.69) is 18.7 Å². The van der Waals surface area contributed by atoms with Crippen molar-refractivity contribution in [1.29, 1.82) is 0 Å². The molecule has 0 unspecified atom stereocenters. The topological polar surface area (TPSA) is 20.3 Å². The molecule has 0 spiro atoms. The summed E-state index contributed by atoms with van der Waals surface area (Å²) >= 11 is 0. The number of carbonyl (C=O) groups excluding carboxylic acids is 1. The van der Waals surface area contributed by atoms with E-state index in [1.54, 1.807) is 6.92 Å². The van der Waals surface area contributed by atoms with Gasteiger partial charge in [0.2, 0.25) is 0 Å². The van der Waals surface area contributed by atoms with Crippen LogP contribution in [-0.4, -0.2) is 30.3 Å². The van der Waals surface area contributed by atoms with Crippen LogP contribution < -0.4 is 0 Å². The summed E-state index contributed by atoms with van der Waals surface area (Å²) in [5, 5.41) is 0. The van der Waals surface area contributed by atoms with Gasteiger partial charge in [-0.2, -0.15) is 0 Å². The Morgan fingerprint density at radius 3 is 2.00 bits per heavy atom. The van der Waals surface area contributed by atoms with Gasteiger partial charge in [0.25, 0.3) is 0 Å². The molecule has 72 valence electrons. The zero-order valence-corrected chi connectivity index (χ0v) is 8.60. The molecule has 0 radical (unpaired) electrons. The van der Waals surface area contributed by atoms with Crippen LogP contribution in [0.2, 0.25) is 0 Å². The summed E-state index contributed by atoms with van der Waals surface area (Å²) in [7, 11) is 0. The summed E-state index contributed by atoms with van der Waals surface area (Å²) < 4.78 is 0. The van der Waals surface area contributed by atoms with Crippen LogP contribution in [0.15, 0.2) is 0 Å². The zero-order valence-electron chi connectivity index (χ0n) is 8.60. The average molecular weight is 171 g/mol. The van der Waals surface area contributed by atoms with Gasteiger partial charge in [0, 0.05) is 0 Å². The normalized spacial score (nSPS) is 16.9. The lowest BCUT2D eigenvalue weighted by molar-refractivity contribution is -0.117. The van der Waals surface area contributed by atoms with Crippen molar-refractivity contribution in [3.05, 3.63) is 0 Å². The fraction of sp³-hybridized carbons (Fsp3) is 0.900. The maximum Gasteiger partial charge on any atom is 0.143 e. The van der Waals surface area contributed by atoms with Crippen molar-refractivity contribution >= 4 is 5.78 Å². The van der Waals surface area contributed by atoms with E-state index in [9.17, 15) is 4.79 Å². The highest BCUT2D eigenvalue weighted by Crippen LogP contribution is 2.05. The summed E-state index contributed by atoms with van der Waals surface area (Å²) in [6.07, 6.45) is 3.79. The van der Waals surface area contributed by atoms with E-state index in [0.29, 0.717) is 6.54 Å². The molecule has 0 aromatic rings. The molecule has 1 aliphatic heterocycles. The molecule has 1 aliphatic rings. The van der Waals surface area contributed by atoms with E-state index in [1.807, 2.05) is 0 Å². The molecule has 0 bridgehead atoms. The lowest BCUT2D eigenvalue weighted by atomic mass is 10.4. The minimum Gasteiger partial charge on any atom is -0.299 e. The number of ketones is 1. The number of rotatable bonds is 2. The van der Waals surface area contributed by atoms with Crippen LogP contribution in [0.5, 0.6) is 0 Å². The predicted molar refractivity (Wildman–Crippen MR) is 52.3 cm³/mol. The number of hydrogen-bond donors (Lipinski definition) is 0. The van der Waals surface area contributed by atoms with Crippen LogP contribution >= 0.6 is 0 Å². The highest BCUT2D eigenvalue weighted by atomic mass is 16.1. The van der Waals surface area contributed by atoms with Crippen LogP contribution in [0, 0.1) is 0 Å². The molecule has 0 atom stereocenters. The summed E-state index contributed by atoms with van der Waals surface area (Å²) in [4.78, 5) is 12.8. The number of Topliss-reactive ketones (excluding diaryl/α,β-unsaturated/α-hetero) is 1. The first-order valence-electron chi connectivity index (χ1n) is 4.92. The molecule has 1 fully saturated rings. The Bertz CT molecular complexity index is 117. The Hall–Kier alpha value is -0.370. The van der Waals surface area contributed by atoms with E-state index in [1.165, 1.54) is 19.3 Å². The van der Waals surface area contributed by atoms with Crippen molar-refractivity contribution in [2.45, 2.75) is 40.0 Å². The summed E-state index contributed by atoms with van der Waals surface area (Å²) in [5.41, 5.74) is 0. The fourth-order valence-corrected chi connectivity index (χ4v) is 1.26. The van der Waals surface area contributed by atoms with Crippen LogP contribution in [0.4, 0.5) is 0 Å². The van der Waals surface area contributed by atoms with E-state index in [4.69, 9.17) is 0 Å². The average Bonchev–Trinajstić information content (AvgIpc) is 2.40. The molecule has 12 heavy (non-hydrogen) atoms. The molecule has 0 aromatic carbocycles. The largest absolute Gasteiger partial charge is 0.299 e. The zero-order chi connectivity index (χ0) is 9.40. The van der Waals surface area contributed by atoms with Crippen LogP contribution in [0.25, 0.3) is 0 Å². The SMILES string of the molecule is CC(=O)CN1CCCC1.CCC. The molecule has 0 aromatic heterocycles. The number of hydrogen-bond acceptors (Lipinski definition) is 2. The quantitative estimate of drug-likeness (QED) is 0.634. The second-order valence-electron chi connectivity index (χ2n) is 3.39. The Morgan fingerprint density at radius 2 is 1.67 bits per heavy atom. The first-order chi connectivity index (χ1) is 5.70. The summed E-state index contributed by atoms with van der Waals surface area (Å²) in [6.45, 7) is 8.82. The molecule has 2 nitrogen and oxygen atoms in total. The van der Waals surface area contributed by atoms with Crippen molar-refractivity contribution in [2.75, 3.05) is 19.6 Å². The molecule has 1 rings (SSSR count). The van der Waals surface area contributed by atoms with Crippen molar-refractivity contribution in [3.8, 4) is 0 Å². The molecule has 0 amide bonds. The molecular weight excluding hydrogens is 150 g/mol. The van der Waals surface area contributed by atoms with Gasteiger partial charge in [-0.3, -0.25) is 9.69 Å². The minimum absolute atomic E-state index is 0.289. The van der Waals surface area contributed by atoms with E-state index >= 15 is 0 Å². The molecule has 0 saturated carbocycles. The van der Waals surface area contributed by atoms with Crippen LogP contribution in [0.3, 0.4) is 0 Å². The predicted octanol–water partition coefficient (Wildman–Crippen LogP) is 2.09. The second kappa shape index (κ2) is 7.29. The molecule has 1 saturated heterocycles. The maximum atomic E-state index is 10.6. The third kappa shape index (κ3) is 6.35. The van der Waals surface area contributed by atoms with Crippen LogP contribution in [0.1, 0.15) is 40.0 Å². The van der Waals surface area contributed by atoms with Crippen molar-refractivity contribution in [3.63, 3.8) is 0 Å². The third-order valence-corrected chi connectivity index (χ3v) is 1.64. The fourth-order valence-electron chi connectivity index (χ4n) is 1.26. The lowest BCUT2D eigenvalue weighted by Gasteiger charge is -2.10. The van der Waals surface area contributed by atoms with Crippen molar-refractivity contribution in [2.24, 2.45) is 0 Å². The van der Waals surface area contributed by atoms with Gasteiger partial charge in [-0.1, -0.05) is 20.3 Å². The summed E-state index contributed by atoms with van der Waals surface area (Å²) in [6, 6.07) is 0. The van der Waals surface area contributed by atoms with Gasteiger partial charge >= 0.3 is 0 Å². The first-order valence-corrected chi connectivity index (χ1v) is 4.92. The van der Waals surface area contributed by atoms with E-state index < -0.39 is 0 Å². The molecule has 0 N–H and O–H groups in total. The molecular formula is C10H21NO. The minimum atomic E-state index is 0.289. The Labute approximate surface area is 75.9 Å². The number of nitrogens with zero attached hydrogens (tertiary/aromatic N) is 1. The van der Waals surface area contributed by atoms with E-state index in [0.717, 1.165) is 13.1 Å². The van der Waals surface area contributed by atoms with Gasteiger partial charge in [-0.25, -0.2) is 0 Å². The van der Waals surface area contributed by atoms with Crippen molar-refractivity contribution < 1.29 is 4.79 Å². The standard InChI is InChI=1S/C7H13NO.C3H8/c1-7(9)6-8-4-2-3-5-8;1-3-2/h2-6H2,1H3;3H2,1-2H3. The first kappa shape index (κ1) is 11.6. The van der Waals surface area contributed by atoms with Gasteiger partial charge in [0.1, 0.15) is 5.78 Å². The van der Waals surface area contributed by atoms with Gasteiger partial charge in [0.05, 0.1) is 6.54 Å². The number of carbonyl (C=O) groups is 1. The highest BCUT2D eigenvalue weighted by Gasteiger charge is 2.11. The second-order valence-corrected chi connectivity index (χ2v) is 3.39. The van der Waals surface area contributed by atoms with Gasteiger partial charge < -0.3 is 0 Å². The van der Waals surface area contributed by atoms with Gasteiger partial charge in [0.15, 0.2) is 0 Å². The molecule has 1 heterocycles. The number of likely N-dealkylation sites (tertiary alicyclic amines) is 1. The molecule has 0 aliphatic carbocycles. The Balaban J connectivity index is 0.000000354. The Kier molecular flexibility index (Phi) is 7.06. The smallest absolute Gasteiger partial charge is 0.143 e. The summed E-state index contributed by atoms with van der Waals surface area (Å²) in [5.74, 6) is 0.289. The Morgan fingerprint density at radius 1 is 1.25 bits per heavy atom. The lowest BCUT2D eigenvalue weighted by Crippen LogP contribution is -2.24. The molecule has 2 heteroatoms. The van der Waals surface area contributed by atoms with E-state index in [-0.39, 0.29) is 5.78 Å². The highest BCUT2D eigenvalue weighted by molar-refractivity contribution is 5.77. The monoisotopic (exact) mass is 171 g/mol. The van der Waals surface area contributed by atoms with Crippen LogP contribution in [-0.2, 0) is 4.79 Å². The third-order valence-electron chi connectivity index (χ3n) is 1.64. The van der Waals surface area contributed by atoms with Gasteiger partial charge in [-0.15, -0.1) is 0 Å². The maximum absolute atomic E-state index is 10.6. The van der Waals surface area contributed by atoms with Gasteiger partial charge in [-0.05, 0) is 32.9 Å². The van der Waals surface area contributed by atoms with Crippen molar-refractivity contribution in [1.82, 2.24) is 4.90 Å².